The van der Waals surface area contributed by atoms with E-state index in [0.29, 0.717) is 22.7 Å². The molecular weight excluding hydrogens is 346 g/mol. The van der Waals surface area contributed by atoms with Crippen LogP contribution >= 0.6 is 15.9 Å². The zero-order valence-corrected chi connectivity index (χ0v) is 14.3. The first-order chi connectivity index (χ1) is 10.5. The van der Waals surface area contributed by atoms with Gasteiger partial charge in [0.25, 0.3) is 5.91 Å². The Morgan fingerprint density at radius 1 is 1.14 bits per heavy atom. The van der Waals surface area contributed by atoms with E-state index in [0.717, 1.165) is 4.47 Å². The Bertz CT molecular complexity index is 671. The van der Waals surface area contributed by atoms with E-state index in [1.54, 1.807) is 37.4 Å². The van der Waals surface area contributed by atoms with Gasteiger partial charge in [-0.05, 0) is 60.1 Å². The average Bonchev–Trinajstić information content (AvgIpc) is 2.49. The fourth-order valence-electron chi connectivity index (χ4n) is 1.93. The molecule has 0 aromatic heterocycles. The van der Waals surface area contributed by atoms with E-state index in [4.69, 9.17) is 9.47 Å². The van der Waals surface area contributed by atoms with Crippen molar-refractivity contribution >= 4 is 27.5 Å². The Labute approximate surface area is 138 Å². The highest BCUT2D eigenvalue weighted by Crippen LogP contribution is 2.28. The molecule has 0 saturated heterocycles. The molecule has 1 N–H and O–H groups in total. The van der Waals surface area contributed by atoms with E-state index >= 15 is 0 Å². The first-order valence-corrected chi connectivity index (χ1v) is 7.71. The summed E-state index contributed by atoms with van der Waals surface area (Å²) in [5, 5.41) is 2.84. The van der Waals surface area contributed by atoms with Gasteiger partial charge in [-0.1, -0.05) is 12.1 Å². The minimum Gasteiger partial charge on any atom is -0.495 e. The van der Waals surface area contributed by atoms with E-state index in [9.17, 15) is 4.79 Å². The summed E-state index contributed by atoms with van der Waals surface area (Å²) in [4.78, 5) is 12.3. The fraction of sp³-hybridized carbons (Fsp3) is 0.235. The molecule has 0 aliphatic rings. The van der Waals surface area contributed by atoms with E-state index in [1.807, 2.05) is 26.0 Å². The molecular formula is C17H18BrNO3. The van der Waals surface area contributed by atoms with Gasteiger partial charge >= 0.3 is 0 Å². The van der Waals surface area contributed by atoms with Crippen LogP contribution in [-0.4, -0.2) is 19.1 Å². The molecule has 22 heavy (non-hydrogen) atoms. The highest BCUT2D eigenvalue weighted by molar-refractivity contribution is 9.10. The fourth-order valence-corrected chi connectivity index (χ4v) is 2.41. The quantitative estimate of drug-likeness (QED) is 0.850. The number of nitrogens with one attached hydrogen (secondary N) is 1. The van der Waals surface area contributed by atoms with Gasteiger partial charge < -0.3 is 14.8 Å². The molecule has 0 aliphatic carbocycles. The van der Waals surface area contributed by atoms with Crippen molar-refractivity contribution in [3.63, 3.8) is 0 Å². The Kier molecular flexibility index (Phi) is 5.44. The molecule has 0 radical (unpaired) electrons. The highest BCUT2D eigenvalue weighted by Gasteiger charge is 2.12. The zero-order valence-electron chi connectivity index (χ0n) is 12.7. The lowest BCUT2D eigenvalue weighted by molar-refractivity contribution is 0.102. The van der Waals surface area contributed by atoms with Gasteiger partial charge in [-0.2, -0.15) is 0 Å². The average molecular weight is 364 g/mol. The summed E-state index contributed by atoms with van der Waals surface area (Å²) >= 11 is 3.43. The largest absolute Gasteiger partial charge is 0.495 e. The third-order valence-corrected chi connectivity index (χ3v) is 3.53. The molecule has 2 rings (SSSR count). The van der Waals surface area contributed by atoms with Gasteiger partial charge in [-0.3, -0.25) is 4.79 Å². The second kappa shape index (κ2) is 7.31. The Hall–Kier alpha value is -2.01. The second-order valence-corrected chi connectivity index (χ2v) is 5.82. The van der Waals surface area contributed by atoms with Crippen LogP contribution < -0.4 is 14.8 Å². The van der Waals surface area contributed by atoms with Gasteiger partial charge in [0.2, 0.25) is 0 Å². The standard InChI is InChI=1S/C17H18BrNO3/c1-11(2)22-15-9-8-12(10-13(15)18)17(20)19-14-6-4-5-7-16(14)21-3/h4-11H,1-3H3,(H,19,20). The molecule has 1 amide bonds. The number of hydrogen-bond donors (Lipinski definition) is 1. The second-order valence-electron chi connectivity index (χ2n) is 4.97. The lowest BCUT2D eigenvalue weighted by Crippen LogP contribution is -2.13. The van der Waals surface area contributed by atoms with Crippen molar-refractivity contribution in [3.8, 4) is 11.5 Å². The zero-order chi connectivity index (χ0) is 16.1. The van der Waals surface area contributed by atoms with Crippen LogP contribution in [0.4, 0.5) is 5.69 Å². The van der Waals surface area contributed by atoms with E-state index in [1.165, 1.54) is 0 Å². The van der Waals surface area contributed by atoms with E-state index < -0.39 is 0 Å². The van der Waals surface area contributed by atoms with Crippen LogP contribution in [0.5, 0.6) is 11.5 Å². The maximum absolute atomic E-state index is 12.3. The van der Waals surface area contributed by atoms with Crippen molar-refractivity contribution in [2.24, 2.45) is 0 Å². The Morgan fingerprint density at radius 2 is 1.86 bits per heavy atom. The van der Waals surface area contributed by atoms with Crippen LogP contribution in [0.15, 0.2) is 46.9 Å². The molecule has 2 aromatic carbocycles. The first kappa shape index (κ1) is 16.4. The number of rotatable bonds is 5. The molecule has 0 unspecified atom stereocenters. The number of carbonyl (C=O) groups excluding carboxylic acids is 1. The van der Waals surface area contributed by atoms with Crippen molar-refractivity contribution in [1.82, 2.24) is 0 Å². The molecule has 0 bridgehead atoms. The number of amides is 1. The number of ether oxygens (including phenoxy) is 2. The normalized spacial score (nSPS) is 10.4. The molecule has 0 atom stereocenters. The van der Waals surface area contributed by atoms with E-state index in [2.05, 4.69) is 21.2 Å². The molecule has 5 heteroatoms. The van der Waals surface area contributed by atoms with Gasteiger partial charge in [0, 0.05) is 5.56 Å². The van der Waals surface area contributed by atoms with E-state index in [-0.39, 0.29) is 12.0 Å². The predicted octanol–water partition coefficient (Wildman–Crippen LogP) is 4.50. The lowest BCUT2D eigenvalue weighted by Gasteiger charge is -2.13. The van der Waals surface area contributed by atoms with Crippen molar-refractivity contribution in [2.45, 2.75) is 20.0 Å². The van der Waals surface area contributed by atoms with Crippen LogP contribution in [0.2, 0.25) is 0 Å². The summed E-state index contributed by atoms with van der Waals surface area (Å²) in [5.41, 5.74) is 1.17. The minimum atomic E-state index is -0.207. The molecule has 0 aliphatic heterocycles. The molecule has 0 spiro atoms. The van der Waals surface area contributed by atoms with Crippen LogP contribution in [-0.2, 0) is 0 Å². The monoisotopic (exact) mass is 363 g/mol. The molecule has 0 heterocycles. The number of halogens is 1. The number of hydrogen-bond acceptors (Lipinski definition) is 3. The lowest BCUT2D eigenvalue weighted by atomic mass is 10.2. The molecule has 2 aromatic rings. The Morgan fingerprint density at radius 3 is 2.50 bits per heavy atom. The topological polar surface area (TPSA) is 47.6 Å². The van der Waals surface area contributed by atoms with Gasteiger partial charge in [0.15, 0.2) is 0 Å². The minimum absolute atomic E-state index is 0.0737. The van der Waals surface area contributed by atoms with Gasteiger partial charge in [-0.25, -0.2) is 0 Å². The van der Waals surface area contributed by atoms with Crippen LogP contribution in [0, 0.1) is 0 Å². The maximum Gasteiger partial charge on any atom is 0.255 e. The number of carbonyl (C=O) groups is 1. The van der Waals surface area contributed by atoms with Crippen molar-refractivity contribution in [2.75, 3.05) is 12.4 Å². The summed E-state index contributed by atoms with van der Waals surface area (Å²) < 4.78 is 11.6. The van der Waals surface area contributed by atoms with Gasteiger partial charge in [0.05, 0.1) is 23.4 Å². The summed E-state index contributed by atoms with van der Waals surface area (Å²) in [6, 6.07) is 12.5. The molecule has 4 nitrogen and oxygen atoms in total. The number of anilines is 1. The molecule has 116 valence electrons. The molecule has 0 fully saturated rings. The van der Waals surface area contributed by atoms with Crippen LogP contribution in [0.1, 0.15) is 24.2 Å². The van der Waals surface area contributed by atoms with Crippen molar-refractivity contribution < 1.29 is 14.3 Å². The number of benzene rings is 2. The predicted molar refractivity (Wildman–Crippen MR) is 90.9 cm³/mol. The van der Waals surface area contributed by atoms with Gasteiger partial charge in [0.1, 0.15) is 11.5 Å². The smallest absolute Gasteiger partial charge is 0.255 e. The summed E-state index contributed by atoms with van der Waals surface area (Å²) in [5.74, 6) is 1.12. The van der Waals surface area contributed by atoms with Gasteiger partial charge in [-0.15, -0.1) is 0 Å². The highest BCUT2D eigenvalue weighted by atomic mass is 79.9. The maximum atomic E-state index is 12.3. The molecule has 0 saturated carbocycles. The van der Waals surface area contributed by atoms with Crippen LogP contribution in [0.3, 0.4) is 0 Å². The summed E-state index contributed by atoms with van der Waals surface area (Å²) in [7, 11) is 1.57. The summed E-state index contributed by atoms with van der Waals surface area (Å²) in [6.45, 7) is 3.91. The summed E-state index contributed by atoms with van der Waals surface area (Å²) in [6.07, 6.45) is 0.0737. The first-order valence-electron chi connectivity index (χ1n) is 6.92. The SMILES string of the molecule is COc1ccccc1NC(=O)c1ccc(OC(C)C)c(Br)c1. The van der Waals surface area contributed by atoms with Crippen LogP contribution in [0.25, 0.3) is 0 Å². The third-order valence-electron chi connectivity index (χ3n) is 2.91. The third kappa shape index (κ3) is 4.01. The van der Waals surface area contributed by atoms with Crippen molar-refractivity contribution in [1.29, 1.82) is 0 Å². The van der Waals surface area contributed by atoms with Crippen molar-refractivity contribution in [3.05, 3.63) is 52.5 Å². The Balaban J connectivity index is 2.18. The number of methoxy groups -OCH3 is 1. The number of para-hydroxylation sites is 2.